The molecule has 2 saturated heterocycles. The summed E-state index contributed by atoms with van der Waals surface area (Å²) in [5.74, 6) is -3.38. The lowest BCUT2D eigenvalue weighted by Gasteiger charge is -2.50. The van der Waals surface area contributed by atoms with Crippen molar-refractivity contribution in [1.29, 1.82) is 0 Å². The van der Waals surface area contributed by atoms with Crippen LogP contribution in [0.25, 0.3) is 0 Å². The lowest BCUT2D eigenvalue weighted by molar-refractivity contribution is -0.0732. The van der Waals surface area contributed by atoms with Crippen LogP contribution < -0.4 is 10.1 Å². The van der Waals surface area contributed by atoms with E-state index in [0.717, 1.165) is 12.1 Å². The second kappa shape index (κ2) is 9.50. The summed E-state index contributed by atoms with van der Waals surface area (Å²) in [4.78, 5) is -0.0984. The average molecular weight is 562 g/mol. The maximum absolute atomic E-state index is 15.4. The first-order valence-corrected chi connectivity index (χ1v) is 15.3. The Hall–Kier alpha value is -1.79. The summed E-state index contributed by atoms with van der Waals surface area (Å²) in [6.07, 6.45) is -0.486. The second-order valence-corrected chi connectivity index (χ2v) is 14.5. The second-order valence-electron chi connectivity index (χ2n) is 9.43. The number of halogens is 3. The molecule has 5 rings (SSSR count). The molecule has 0 saturated carbocycles. The summed E-state index contributed by atoms with van der Waals surface area (Å²) < 4.78 is 94.1. The molecule has 12 heteroatoms. The quantitative estimate of drug-likeness (QED) is 0.578. The molecule has 2 aromatic carbocycles. The van der Waals surface area contributed by atoms with Crippen LogP contribution in [0.3, 0.4) is 0 Å². The molecule has 0 unspecified atom stereocenters. The fraction of sp³-hybridized carbons (Fsp3) is 0.500. The fourth-order valence-electron chi connectivity index (χ4n) is 5.72. The molecule has 3 aliphatic rings. The molecule has 0 aromatic heterocycles. The van der Waals surface area contributed by atoms with E-state index < -0.39 is 59.1 Å². The third-order valence-corrected chi connectivity index (χ3v) is 12.6. The van der Waals surface area contributed by atoms with Crippen LogP contribution in [0.4, 0.5) is 8.78 Å². The molecular weight excluding hydrogens is 536 g/mol. The Kier molecular flexibility index (Phi) is 6.82. The maximum atomic E-state index is 15.4. The fourth-order valence-corrected chi connectivity index (χ4v) is 9.93. The van der Waals surface area contributed by atoms with Gasteiger partial charge in [-0.25, -0.2) is 25.6 Å². The molecule has 196 valence electrons. The number of sulfone groups is 2. The zero-order valence-corrected chi connectivity index (χ0v) is 21.6. The van der Waals surface area contributed by atoms with E-state index >= 15 is 4.39 Å². The van der Waals surface area contributed by atoms with E-state index in [1.807, 2.05) is 0 Å². The van der Waals surface area contributed by atoms with Crippen LogP contribution >= 0.6 is 11.6 Å². The molecule has 3 heterocycles. The Bertz CT molecular complexity index is 1360. The van der Waals surface area contributed by atoms with Gasteiger partial charge in [0, 0.05) is 24.1 Å². The Morgan fingerprint density at radius 1 is 1.06 bits per heavy atom. The Balaban J connectivity index is 1.60. The number of rotatable bonds is 6. The number of benzene rings is 2. The van der Waals surface area contributed by atoms with Crippen molar-refractivity contribution in [3.63, 3.8) is 0 Å². The molecule has 4 atom stereocenters. The normalized spacial score (nSPS) is 28.2. The van der Waals surface area contributed by atoms with Crippen LogP contribution in [-0.2, 0) is 29.2 Å². The van der Waals surface area contributed by atoms with Gasteiger partial charge in [-0.3, -0.25) is 0 Å². The monoisotopic (exact) mass is 561 g/mol. The molecule has 0 spiro atoms. The van der Waals surface area contributed by atoms with Gasteiger partial charge in [0.15, 0.2) is 31.2 Å². The minimum Gasteiger partial charge on any atom is -0.490 e. The predicted octanol–water partition coefficient (Wildman–Crippen LogP) is 3.25. The van der Waals surface area contributed by atoms with Crippen molar-refractivity contribution in [3.05, 3.63) is 58.6 Å². The smallest absolute Gasteiger partial charge is 0.189 e. The first-order chi connectivity index (χ1) is 17.1. The van der Waals surface area contributed by atoms with Crippen LogP contribution in [0.2, 0.25) is 5.02 Å². The zero-order valence-electron chi connectivity index (χ0n) is 19.3. The van der Waals surface area contributed by atoms with Crippen LogP contribution in [0.5, 0.6) is 5.75 Å². The van der Waals surface area contributed by atoms with Gasteiger partial charge in [0.2, 0.25) is 0 Å². The molecule has 0 amide bonds. The van der Waals surface area contributed by atoms with Gasteiger partial charge in [0.1, 0.15) is 10.6 Å². The van der Waals surface area contributed by atoms with Gasteiger partial charge in [0.25, 0.3) is 0 Å². The van der Waals surface area contributed by atoms with Crippen molar-refractivity contribution in [2.24, 2.45) is 5.92 Å². The van der Waals surface area contributed by atoms with Crippen LogP contribution in [0.1, 0.15) is 24.8 Å². The van der Waals surface area contributed by atoms with E-state index in [1.54, 1.807) is 0 Å². The van der Waals surface area contributed by atoms with Gasteiger partial charge >= 0.3 is 0 Å². The number of nitrogens with one attached hydrogen (secondary N) is 1. The minimum atomic E-state index is -4.34. The molecule has 2 fully saturated rings. The van der Waals surface area contributed by atoms with Crippen molar-refractivity contribution >= 4 is 31.3 Å². The van der Waals surface area contributed by atoms with E-state index in [0.29, 0.717) is 24.5 Å². The van der Waals surface area contributed by atoms with E-state index in [9.17, 15) is 21.2 Å². The summed E-state index contributed by atoms with van der Waals surface area (Å²) in [6.45, 7) is 0.641. The van der Waals surface area contributed by atoms with E-state index in [2.05, 4.69) is 5.32 Å². The minimum absolute atomic E-state index is 0.0109. The van der Waals surface area contributed by atoms with Crippen molar-refractivity contribution in [2.75, 3.05) is 32.1 Å². The van der Waals surface area contributed by atoms with Gasteiger partial charge in [-0.2, -0.15) is 0 Å². The highest BCUT2D eigenvalue weighted by molar-refractivity contribution is 7.92. The summed E-state index contributed by atoms with van der Waals surface area (Å²) in [5, 5.41) is 2.84. The van der Waals surface area contributed by atoms with Crippen molar-refractivity contribution in [3.8, 4) is 5.75 Å². The lowest BCUT2D eigenvalue weighted by atomic mass is 9.75. The third kappa shape index (κ3) is 4.13. The molecule has 3 aliphatic heterocycles. The SMILES string of the molecule is O=S(=O)(CC[C@@H]1OCC[C@@]2(S(=O)(=O)c3ccc(Cl)cc3)c3c(F)ccc(F)c3OC[C@@H]12)[C@H]1CCNC1. The highest BCUT2D eigenvalue weighted by Gasteiger charge is 2.61. The highest BCUT2D eigenvalue weighted by Crippen LogP contribution is 2.56. The van der Waals surface area contributed by atoms with Gasteiger partial charge in [0.05, 0.1) is 34.2 Å². The lowest BCUT2D eigenvalue weighted by Crippen LogP contribution is -2.57. The van der Waals surface area contributed by atoms with E-state index in [1.165, 1.54) is 24.3 Å². The number of hydrogen-bond acceptors (Lipinski definition) is 7. The molecule has 0 bridgehead atoms. The molecule has 36 heavy (non-hydrogen) atoms. The average Bonchev–Trinajstić information content (AvgIpc) is 3.41. The maximum Gasteiger partial charge on any atom is 0.189 e. The first kappa shape index (κ1) is 25.8. The van der Waals surface area contributed by atoms with E-state index in [4.69, 9.17) is 21.1 Å². The molecule has 0 radical (unpaired) electrons. The van der Waals surface area contributed by atoms with Crippen molar-refractivity contribution in [2.45, 2.75) is 40.3 Å². The zero-order chi connectivity index (χ0) is 25.7. The number of hydrogen-bond donors (Lipinski definition) is 1. The van der Waals surface area contributed by atoms with Crippen LogP contribution in [0.15, 0.2) is 41.3 Å². The summed E-state index contributed by atoms with van der Waals surface area (Å²) >= 11 is 5.97. The number of ether oxygens (including phenoxy) is 2. The summed E-state index contributed by atoms with van der Waals surface area (Å²) in [5.41, 5.74) is -0.371. The first-order valence-electron chi connectivity index (χ1n) is 11.7. The third-order valence-electron chi connectivity index (χ3n) is 7.56. The standard InChI is InChI=1S/C24H26ClF2NO6S2/c25-15-1-3-16(4-2-15)36(31,32)24-9-11-33-21(8-12-35(29,30)17-7-10-28-13-17)18(24)14-34-23-20(27)6-5-19(26)22(23)24/h1-6,17-18,21,28H,7-14H2/t17-,18-,21-,24-/m0/s1. The van der Waals surface area contributed by atoms with Crippen molar-refractivity contribution in [1.82, 2.24) is 5.32 Å². The largest absolute Gasteiger partial charge is 0.490 e. The predicted molar refractivity (Wildman–Crippen MR) is 130 cm³/mol. The van der Waals surface area contributed by atoms with Gasteiger partial charge < -0.3 is 14.8 Å². The summed E-state index contributed by atoms with van der Waals surface area (Å²) in [6, 6.07) is 7.29. The van der Waals surface area contributed by atoms with Gasteiger partial charge in [-0.1, -0.05) is 11.6 Å². The van der Waals surface area contributed by atoms with Gasteiger partial charge in [-0.05, 0) is 62.2 Å². The molecule has 2 aromatic rings. The van der Waals surface area contributed by atoms with Crippen LogP contribution in [0, 0.1) is 17.6 Å². The Morgan fingerprint density at radius 2 is 1.78 bits per heavy atom. The summed E-state index contributed by atoms with van der Waals surface area (Å²) in [7, 11) is -7.81. The van der Waals surface area contributed by atoms with Crippen LogP contribution in [-0.4, -0.2) is 60.2 Å². The number of fused-ring (bicyclic) bond motifs is 3. The van der Waals surface area contributed by atoms with Crippen molar-refractivity contribution < 1.29 is 35.1 Å². The van der Waals surface area contributed by atoms with E-state index in [-0.39, 0.29) is 42.3 Å². The molecule has 7 nitrogen and oxygen atoms in total. The highest BCUT2D eigenvalue weighted by atomic mass is 35.5. The van der Waals surface area contributed by atoms with Gasteiger partial charge in [-0.15, -0.1) is 0 Å². The Labute approximate surface area is 214 Å². The molecular formula is C24H26ClF2NO6S2. The topological polar surface area (TPSA) is 98.8 Å². The molecule has 1 N–H and O–H groups in total. The Morgan fingerprint density at radius 3 is 2.47 bits per heavy atom. The molecule has 0 aliphatic carbocycles.